The number of likely N-dealkylation sites (N-methyl/N-ethyl adjacent to an activating group) is 2. The predicted octanol–water partition coefficient (Wildman–Crippen LogP) is 5.60. The maximum atomic E-state index is 14.8. The minimum absolute atomic E-state index is 0.0640. The molecule has 0 saturated carbocycles. The number of likely N-dealkylation sites (tertiary alicyclic amines) is 2. The Bertz CT molecular complexity index is 3000. The Kier molecular flexibility index (Phi) is 35.3. The number of nitrogens with two attached hydrogens (primary N) is 1. The van der Waals surface area contributed by atoms with E-state index >= 15 is 0 Å². The van der Waals surface area contributed by atoms with Crippen LogP contribution in [0.25, 0.3) is 0 Å². The number of urea groups is 1. The number of primary amides is 1. The number of aldehydes is 1. The summed E-state index contributed by atoms with van der Waals surface area (Å²) in [4.78, 5) is 165. The number of carbonyl (C=O) groups is 12. The standard InChI is InChI=1S/C71H111N11O16S/c1-15-45(8)61(53(96-13)39-56(85)81-36-23-28-52(81)63(97-14)46(9)64(88)74-47(10)62(87)49-25-18-16-19-26-49)79(11)69(93)59(43(4)5)78-67(91)60(44(6)7)80(12)71(95)98-41-48-30-32-50(33-31-48)75-65(89)51(27-22-34-73-70(72)94)76-66(90)58(42(2)3)77-55(84)29-20-17-21-35-82-57(86)40-54(68(82)92)99-38-24-37-83/h16,18-19,25-26,30-33,37,42-47,51-54,58-63,87H,15,17,20-24,27-29,34-36,38-41H2,1-14H3,(H,74,88)(H,75,89)(H,76,90)(H,77,84)(H,78,91)(H3,72,73,94)/t45-,46+,47+,51-,52-,53+,54?,58?,59-,60-,61-,62+,63?/m0/s1. The highest BCUT2D eigenvalue weighted by molar-refractivity contribution is 8.00. The number of hydrogen-bond donors (Lipinski definition) is 8. The molecule has 0 aliphatic carbocycles. The molecule has 4 rings (SSSR count). The summed E-state index contributed by atoms with van der Waals surface area (Å²) < 4.78 is 17.8. The molecular weight excluding hydrogens is 1290 g/mol. The van der Waals surface area contributed by atoms with Crippen molar-refractivity contribution < 1.29 is 76.9 Å². The Hall–Kier alpha value is -7.69. The second-order valence-corrected chi connectivity index (χ2v) is 28.3. The summed E-state index contributed by atoms with van der Waals surface area (Å²) in [6.07, 6.45) is 1.53. The lowest BCUT2D eigenvalue weighted by Crippen LogP contribution is -2.60. The highest BCUT2D eigenvalue weighted by Gasteiger charge is 2.45. The van der Waals surface area contributed by atoms with E-state index in [1.807, 2.05) is 32.0 Å². The highest BCUT2D eigenvalue weighted by atomic mass is 32.2. The molecule has 99 heavy (non-hydrogen) atoms. The summed E-state index contributed by atoms with van der Waals surface area (Å²) in [5, 5.41) is 27.1. The SMILES string of the molecule is CC[C@H](C)[C@@H]([C@@H](CC(=O)N1CCC[C@H]1C(OC)[C@@H](C)C(=O)N[C@H](C)[C@@H](O)c1ccccc1)OC)N(C)C(=O)[C@@H](NC(=O)[C@H](C(C)C)N(C)C(=O)OCc1ccc(NC(=O)[C@H](CCCNC(N)=O)NC(=O)C(NC(=O)CCCCCN2C(=O)CC(SCCC=O)C2=O)C(C)C)cc1)C(C)C. The number of carbonyl (C=O) groups excluding carboxylic acids is 12. The average molecular weight is 1410 g/mol. The molecule has 0 spiro atoms. The molecule has 2 aromatic carbocycles. The van der Waals surface area contributed by atoms with Gasteiger partial charge in [0.2, 0.25) is 53.2 Å². The summed E-state index contributed by atoms with van der Waals surface area (Å²) in [6.45, 7) is 18.5. The molecule has 552 valence electrons. The highest BCUT2D eigenvalue weighted by Crippen LogP contribution is 2.31. The van der Waals surface area contributed by atoms with Crippen LogP contribution in [0.3, 0.4) is 0 Å². The van der Waals surface area contributed by atoms with Crippen LogP contribution in [-0.2, 0) is 68.8 Å². The molecule has 2 saturated heterocycles. The zero-order chi connectivity index (χ0) is 73.8. The number of unbranched alkanes of at least 4 members (excludes halogenated alkanes) is 2. The van der Waals surface area contributed by atoms with Crippen molar-refractivity contribution in [3.8, 4) is 0 Å². The number of benzene rings is 2. The lowest BCUT2D eigenvalue weighted by Gasteiger charge is -2.41. The number of amides is 12. The fraction of sp³-hybridized carbons (Fsp3) is 0.662. The summed E-state index contributed by atoms with van der Waals surface area (Å²) in [5.74, 6) is -5.43. The molecule has 0 bridgehead atoms. The Balaban J connectivity index is 1.36. The second-order valence-electron chi connectivity index (χ2n) is 27.0. The zero-order valence-corrected chi connectivity index (χ0v) is 61.2. The number of thioether (sulfide) groups is 1. The molecule has 2 fully saturated rings. The van der Waals surface area contributed by atoms with Crippen LogP contribution < -0.4 is 37.6 Å². The summed E-state index contributed by atoms with van der Waals surface area (Å²) in [5.41, 5.74) is 6.77. The van der Waals surface area contributed by atoms with Gasteiger partial charge in [0.25, 0.3) is 0 Å². The van der Waals surface area contributed by atoms with Crippen LogP contribution in [0.5, 0.6) is 0 Å². The Morgan fingerprint density at radius 2 is 1.43 bits per heavy atom. The molecule has 3 unspecified atom stereocenters. The molecule has 27 nitrogen and oxygen atoms in total. The van der Waals surface area contributed by atoms with Crippen molar-refractivity contribution in [2.75, 3.05) is 59.0 Å². The smallest absolute Gasteiger partial charge is 0.410 e. The Morgan fingerprint density at radius 3 is 2.03 bits per heavy atom. The van der Waals surface area contributed by atoms with Crippen LogP contribution >= 0.6 is 11.8 Å². The van der Waals surface area contributed by atoms with Gasteiger partial charge in [0, 0.05) is 78.7 Å². The second kappa shape index (κ2) is 41.8. The summed E-state index contributed by atoms with van der Waals surface area (Å²) in [6, 6.07) is 8.66. The van der Waals surface area contributed by atoms with Gasteiger partial charge in [-0.25, -0.2) is 9.59 Å². The van der Waals surface area contributed by atoms with E-state index in [0.29, 0.717) is 74.1 Å². The van der Waals surface area contributed by atoms with Gasteiger partial charge in [0.05, 0.1) is 54.0 Å². The number of aliphatic hydroxyl groups is 1. The molecule has 0 aromatic heterocycles. The first-order valence-electron chi connectivity index (χ1n) is 34.7. The van der Waals surface area contributed by atoms with Crippen molar-refractivity contribution in [1.29, 1.82) is 0 Å². The van der Waals surface area contributed by atoms with E-state index in [4.69, 9.17) is 19.9 Å². The third-order valence-electron chi connectivity index (χ3n) is 18.6. The van der Waals surface area contributed by atoms with E-state index in [9.17, 15) is 62.6 Å². The summed E-state index contributed by atoms with van der Waals surface area (Å²) >= 11 is 1.29. The number of aliphatic hydroxyl groups excluding tert-OH is 1. The summed E-state index contributed by atoms with van der Waals surface area (Å²) in [7, 11) is 6.07. The van der Waals surface area contributed by atoms with Gasteiger partial charge in [-0.2, -0.15) is 0 Å². The molecular formula is C71H111N11O16S. The van der Waals surface area contributed by atoms with Crippen LogP contribution in [0.1, 0.15) is 164 Å². The molecule has 9 N–H and O–H groups in total. The molecule has 2 aromatic rings. The van der Waals surface area contributed by atoms with E-state index in [0.717, 1.165) is 6.29 Å². The number of nitrogens with zero attached hydrogens (tertiary/aromatic N) is 4. The molecule has 28 heteroatoms. The van der Waals surface area contributed by atoms with Crippen LogP contribution in [0, 0.1) is 29.6 Å². The van der Waals surface area contributed by atoms with Crippen LogP contribution in [-0.4, -0.2) is 210 Å². The quantitative estimate of drug-likeness (QED) is 0.0228. The molecule has 13 atom stereocenters. The van der Waals surface area contributed by atoms with Crippen molar-refractivity contribution >= 4 is 89.0 Å². The van der Waals surface area contributed by atoms with Gasteiger partial charge < -0.3 is 71.5 Å². The monoisotopic (exact) mass is 1410 g/mol. The van der Waals surface area contributed by atoms with Crippen LogP contribution in [0.15, 0.2) is 54.6 Å². The fourth-order valence-electron chi connectivity index (χ4n) is 12.7. The number of rotatable bonds is 42. The predicted molar refractivity (Wildman–Crippen MR) is 376 cm³/mol. The number of ether oxygens (including phenoxy) is 3. The van der Waals surface area contributed by atoms with Gasteiger partial charge >= 0.3 is 12.1 Å². The van der Waals surface area contributed by atoms with Gasteiger partial charge in [-0.15, -0.1) is 11.8 Å². The molecule has 12 amide bonds. The van der Waals surface area contributed by atoms with Gasteiger partial charge in [0.15, 0.2) is 0 Å². The first-order chi connectivity index (χ1) is 46.9. The van der Waals surface area contributed by atoms with Gasteiger partial charge in [-0.1, -0.05) is 118 Å². The normalized spacial score (nSPS) is 18.0. The third kappa shape index (κ3) is 25.2. The average Bonchev–Trinajstić information content (AvgIpc) is 1.80. The van der Waals surface area contributed by atoms with E-state index in [-0.39, 0.29) is 81.3 Å². The number of hydrogen-bond acceptors (Lipinski definition) is 17. The number of anilines is 1. The largest absolute Gasteiger partial charge is 0.445 e. The molecule has 2 aliphatic rings. The van der Waals surface area contributed by atoms with Crippen LogP contribution in [0.2, 0.25) is 0 Å². The van der Waals surface area contributed by atoms with Crippen molar-refractivity contribution in [2.24, 2.45) is 35.3 Å². The zero-order valence-electron chi connectivity index (χ0n) is 60.4. The van der Waals surface area contributed by atoms with Gasteiger partial charge in [-0.3, -0.25) is 53.0 Å². The maximum absolute atomic E-state index is 14.8. The van der Waals surface area contributed by atoms with Crippen molar-refractivity contribution in [3.63, 3.8) is 0 Å². The fourth-order valence-corrected chi connectivity index (χ4v) is 13.7. The molecule has 0 radical (unpaired) electrons. The van der Waals surface area contributed by atoms with Gasteiger partial charge in [0.1, 0.15) is 37.1 Å². The topological polar surface area (TPSA) is 364 Å². The third-order valence-corrected chi connectivity index (χ3v) is 19.8. The van der Waals surface area contributed by atoms with E-state index in [1.165, 1.54) is 42.8 Å². The molecule has 2 aliphatic heterocycles. The van der Waals surface area contributed by atoms with Crippen molar-refractivity contribution in [1.82, 2.24) is 46.2 Å². The Morgan fingerprint density at radius 1 is 0.768 bits per heavy atom. The van der Waals surface area contributed by atoms with Crippen molar-refractivity contribution in [3.05, 3.63) is 65.7 Å². The van der Waals surface area contributed by atoms with E-state index in [1.54, 1.807) is 109 Å². The Labute approximate surface area is 588 Å². The minimum Gasteiger partial charge on any atom is -0.445 e. The molecule has 2 heterocycles. The minimum atomic E-state index is -1.13. The first-order valence-corrected chi connectivity index (χ1v) is 35.7. The first kappa shape index (κ1) is 83.7. The number of nitrogens with one attached hydrogen (secondary N) is 6. The van der Waals surface area contributed by atoms with E-state index in [2.05, 4.69) is 31.9 Å². The van der Waals surface area contributed by atoms with E-state index < -0.39 is 131 Å². The maximum Gasteiger partial charge on any atom is 0.410 e. The van der Waals surface area contributed by atoms with Gasteiger partial charge in [-0.05, 0) is 92.4 Å². The number of imide groups is 1. The number of methoxy groups -OCH3 is 2. The van der Waals surface area contributed by atoms with Crippen molar-refractivity contribution in [2.45, 2.75) is 219 Å². The lowest BCUT2D eigenvalue weighted by atomic mass is 9.89. The lowest BCUT2D eigenvalue weighted by molar-refractivity contribution is -0.148. The van der Waals surface area contributed by atoms with Crippen LogP contribution in [0.4, 0.5) is 15.3 Å².